The molecule has 0 radical (unpaired) electrons. The molecule has 2 unspecified atom stereocenters. The van der Waals surface area contributed by atoms with Gasteiger partial charge in [-0.15, -0.1) is 0 Å². The van der Waals surface area contributed by atoms with E-state index in [9.17, 15) is 34.5 Å². The summed E-state index contributed by atoms with van der Waals surface area (Å²) in [5.74, 6) is -7.50. The summed E-state index contributed by atoms with van der Waals surface area (Å²) < 4.78 is 29.7. The van der Waals surface area contributed by atoms with Crippen molar-refractivity contribution in [1.29, 1.82) is 0 Å². The molecular weight excluding hydrogens is 722 g/mol. The van der Waals surface area contributed by atoms with Gasteiger partial charge in [-0.3, -0.25) is 14.4 Å². The van der Waals surface area contributed by atoms with Crippen LogP contribution in [0.1, 0.15) is 112 Å². The maximum atomic E-state index is 14.3. The molecule has 0 aromatic carbocycles. The molecule has 4 aliphatic rings. The molecule has 3 heterocycles. The fraction of sp³-hybridized carbons (Fsp3) is 0.814. The summed E-state index contributed by atoms with van der Waals surface area (Å²) in [5.41, 5.74) is 1.66. The lowest BCUT2D eigenvalue weighted by molar-refractivity contribution is -0.302. The lowest BCUT2D eigenvalue weighted by Crippen LogP contribution is -2.64. The number of ether oxygens (including phenoxy) is 5. The van der Waals surface area contributed by atoms with Crippen LogP contribution in [-0.4, -0.2) is 126 Å². The maximum absolute atomic E-state index is 14.3. The van der Waals surface area contributed by atoms with Gasteiger partial charge in [-0.25, -0.2) is 4.79 Å². The van der Waals surface area contributed by atoms with Crippen LogP contribution in [0.15, 0.2) is 23.3 Å². The smallest absolute Gasteiger partial charge is 0.329 e. The Morgan fingerprint density at radius 1 is 0.911 bits per heavy atom. The minimum Gasteiger partial charge on any atom is -0.456 e. The molecule has 1 aliphatic carbocycles. The number of nitrogens with zero attached hydrogens (tertiary/aromatic N) is 1. The number of Topliss-reactive ketones (excluding diaryl/α,β-unsaturated/α-hetero) is 2. The van der Waals surface area contributed by atoms with Gasteiger partial charge in [-0.05, 0) is 95.5 Å². The van der Waals surface area contributed by atoms with Gasteiger partial charge < -0.3 is 43.9 Å². The molecule has 1 amide bonds. The summed E-state index contributed by atoms with van der Waals surface area (Å²) >= 11 is 0. The lowest BCUT2D eigenvalue weighted by Gasteiger charge is -2.47. The number of amides is 1. The number of rotatable bonds is 6. The summed E-state index contributed by atoms with van der Waals surface area (Å²) in [5, 5.41) is 34.1. The third-order valence-electron chi connectivity index (χ3n) is 12.9. The zero-order valence-electron chi connectivity index (χ0n) is 35.1. The van der Waals surface area contributed by atoms with Gasteiger partial charge in [-0.2, -0.15) is 0 Å². The van der Waals surface area contributed by atoms with E-state index in [1.54, 1.807) is 21.0 Å². The average Bonchev–Trinajstić information content (AvgIpc) is 3.18. The van der Waals surface area contributed by atoms with Gasteiger partial charge in [0.1, 0.15) is 24.0 Å². The molecule has 13 heteroatoms. The van der Waals surface area contributed by atoms with Crippen molar-refractivity contribution in [2.45, 2.75) is 167 Å². The maximum Gasteiger partial charge on any atom is 0.329 e. The van der Waals surface area contributed by atoms with E-state index in [0.29, 0.717) is 56.9 Å². The van der Waals surface area contributed by atoms with E-state index in [0.717, 1.165) is 5.57 Å². The van der Waals surface area contributed by atoms with Crippen molar-refractivity contribution in [1.82, 2.24) is 4.90 Å². The van der Waals surface area contributed by atoms with Crippen molar-refractivity contribution < 1.29 is 58.2 Å². The van der Waals surface area contributed by atoms with Crippen LogP contribution < -0.4 is 0 Å². The molecule has 56 heavy (non-hydrogen) atoms. The molecule has 1 saturated carbocycles. The topological polar surface area (TPSA) is 178 Å². The molecule has 318 valence electrons. The second-order valence-corrected chi connectivity index (χ2v) is 17.2. The number of methoxy groups -OCH3 is 3. The van der Waals surface area contributed by atoms with Gasteiger partial charge in [0.05, 0.1) is 30.5 Å². The number of esters is 1. The number of hydrogen-bond donors (Lipinski definition) is 3. The third kappa shape index (κ3) is 10.7. The molecule has 4 rings (SSSR count). The number of allylic oxidation sites excluding steroid dienone is 3. The Bertz CT molecular complexity index is 1430. The van der Waals surface area contributed by atoms with Gasteiger partial charge in [0, 0.05) is 52.0 Å². The molecule has 3 aliphatic heterocycles. The highest BCUT2D eigenvalue weighted by Crippen LogP contribution is 2.39. The number of cyclic esters (lactones) is 1. The van der Waals surface area contributed by atoms with Crippen molar-refractivity contribution in [3.63, 3.8) is 0 Å². The van der Waals surface area contributed by atoms with E-state index < -0.39 is 83.9 Å². The predicted molar refractivity (Wildman–Crippen MR) is 208 cm³/mol. The highest BCUT2D eigenvalue weighted by atomic mass is 16.7. The minimum absolute atomic E-state index is 0.000914. The van der Waals surface area contributed by atoms with E-state index >= 15 is 0 Å². The number of aliphatic hydroxyl groups excluding tert-OH is 2. The van der Waals surface area contributed by atoms with Crippen molar-refractivity contribution in [3.05, 3.63) is 23.3 Å². The summed E-state index contributed by atoms with van der Waals surface area (Å²) in [6, 6.07) is -1.13. The Morgan fingerprint density at radius 2 is 1.57 bits per heavy atom. The largest absolute Gasteiger partial charge is 0.456 e. The normalized spacial score (nSPS) is 41.6. The molecule has 13 nitrogen and oxygen atoms in total. The SMILES string of the molecule is CC[C@@H]1/C=C(/C)C[C@H](C)CC(OC)[C@H]2O[C@@](O)(C(=O)C(=O)N3CCCC[C@H]3C(=O)O[C@H](/C(C)=C/C3CC[C@@H](O)[C@H](OC)C3)[C@H](C)[C@@H](O)CC1=O)[C@H](C)C[C@@H]2OC. The van der Waals surface area contributed by atoms with E-state index in [2.05, 4.69) is 6.92 Å². The number of hydrogen-bond acceptors (Lipinski definition) is 12. The number of ketones is 2. The molecule has 0 aromatic heterocycles. The van der Waals surface area contributed by atoms with E-state index in [-0.39, 0.29) is 49.5 Å². The van der Waals surface area contributed by atoms with Crippen molar-refractivity contribution in [2.75, 3.05) is 27.9 Å². The first kappa shape index (κ1) is 46.2. The average molecular weight is 792 g/mol. The van der Waals surface area contributed by atoms with Crippen LogP contribution in [0.2, 0.25) is 0 Å². The quantitative estimate of drug-likeness (QED) is 0.196. The van der Waals surface area contributed by atoms with Gasteiger partial charge in [0.25, 0.3) is 11.7 Å². The highest BCUT2D eigenvalue weighted by Gasteiger charge is 2.56. The van der Waals surface area contributed by atoms with Crippen LogP contribution in [0, 0.1) is 29.6 Å². The number of carbonyl (C=O) groups excluding carboxylic acids is 4. The Balaban J connectivity index is 1.76. The summed E-state index contributed by atoms with van der Waals surface area (Å²) in [6.45, 7) is 11.3. The molecule has 2 bridgehead atoms. The number of fused-ring (bicyclic) bond motifs is 3. The zero-order chi connectivity index (χ0) is 41.5. The monoisotopic (exact) mass is 791 g/mol. The first-order valence-electron chi connectivity index (χ1n) is 20.8. The molecular formula is C43H69NO12. The predicted octanol–water partition coefficient (Wildman–Crippen LogP) is 4.47. The van der Waals surface area contributed by atoms with E-state index in [4.69, 9.17) is 23.7 Å². The fourth-order valence-electron chi connectivity index (χ4n) is 9.39. The van der Waals surface area contributed by atoms with Crippen LogP contribution in [-0.2, 0) is 42.9 Å². The molecule has 3 N–H and O–H groups in total. The second kappa shape index (κ2) is 20.4. The van der Waals surface area contributed by atoms with Gasteiger partial charge in [0.15, 0.2) is 0 Å². The lowest BCUT2D eigenvalue weighted by atomic mass is 9.81. The first-order chi connectivity index (χ1) is 26.5. The molecule has 14 atom stereocenters. The highest BCUT2D eigenvalue weighted by molar-refractivity contribution is 6.39. The Morgan fingerprint density at radius 3 is 2.21 bits per heavy atom. The van der Waals surface area contributed by atoms with Crippen LogP contribution >= 0.6 is 0 Å². The fourth-order valence-corrected chi connectivity index (χ4v) is 9.39. The van der Waals surface area contributed by atoms with E-state index in [1.165, 1.54) is 19.1 Å². The van der Waals surface area contributed by atoms with Crippen molar-refractivity contribution in [2.24, 2.45) is 29.6 Å². The summed E-state index contributed by atoms with van der Waals surface area (Å²) in [4.78, 5) is 57.6. The van der Waals surface area contributed by atoms with Crippen LogP contribution in [0.25, 0.3) is 0 Å². The Hall–Kier alpha value is -2.52. The van der Waals surface area contributed by atoms with Crippen LogP contribution in [0.4, 0.5) is 0 Å². The Kier molecular flexibility index (Phi) is 16.9. The van der Waals surface area contributed by atoms with Crippen molar-refractivity contribution in [3.8, 4) is 0 Å². The van der Waals surface area contributed by atoms with Crippen molar-refractivity contribution >= 4 is 23.4 Å². The number of piperidine rings is 1. The summed E-state index contributed by atoms with van der Waals surface area (Å²) in [6.07, 6.45) is 3.72. The summed E-state index contributed by atoms with van der Waals surface area (Å²) in [7, 11) is 4.63. The third-order valence-corrected chi connectivity index (χ3v) is 12.9. The molecule has 0 aromatic rings. The van der Waals surface area contributed by atoms with Gasteiger partial charge >= 0.3 is 5.97 Å². The Labute approximate surface area is 333 Å². The van der Waals surface area contributed by atoms with Gasteiger partial charge in [-0.1, -0.05) is 45.4 Å². The van der Waals surface area contributed by atoms with Crippen LogP contribution in [0.3, 0.4) is 0 Å². The minimum atomic E-state index is -2.50. The number of aliphatic hydroxyl groups is 3. The number of carbonyl (C=O) groups is 4. The molecule has 3 fully saturated rings. The zero-order valence-corrected chi connectivity index (χ0v) is 35.1. The van der Waals surface area contributed by atoms with Crippen LogP contribution in [0.5, 0.6) is 0 Å². The van der Waals surface area contributed by atoms with E-state index in [1.807, 2.05) is 32.9 Å². The van der Waals surface area contributed by atoms with Gasteiger partial charge in [0.2, 0.25) is 5.79 Å². The molecule has 2 saturated heterocycles. The molecule has 0 spiro atoms. The first-order valence-corrected chi connectivity index (χ1v) is 20.8. The standard InChI is InChI=1S/C43H69NO12/c1-10-30-18-24(2)17-25(3)19-36(53-8)39-37(54-9)21-27(5)43(51,56-39)40(48)41(49)44-16-12-11-13-31(44)42(50)55-38(28(6)33(46)23-34(30)47)26(4)20-29-14-15-32(45)35(22-29)52-7/h18,20,25,27-33,35-39,45-46,51H,10-17,19,21-23H2,1-9H3/b24-18-,26-20+/t25-,27+,28+,29?,30+,31-,32+,33-,35+,36?,37-,38+,39+,43+/m0/s1. The second-order valence-electron chi connectivity index (χ2n) is 17.2.